The van der Waals surface area contributed by atoms with Crippen LogP contribution in [0.2, 0.25) is 0 Å². The monoisotopic (exact) mass is 360 g/mol. The molecule has 3 N–H and O–H groups in total. The first-order chi connectivity index (χ1) is 12.6. The molecule has 1 aliphatic carbocycles. The third kappa shape index (κ3) is 6.58. The fourth-order valence-corrected chi connectivity index (χ4v) is 3.18. The number of guanidine groups is 1. The SMILES string of the molecule is CCNC(=NCc1ccc(C)cc1OC)NCC(=O)NC1CCCCC1. The summed E-state index contributed by atoms with van der Waals surface area (Å²) in [7, 11) is 1.67. The van der Waals surface area contributed by atoms with Crippen LogP contribution < -0.4 is 20.7 Å². The van der Waals surface area contributed by atoms with E-state index in [-0.39, 0.29) is 12.5 Å². The molecule has 0 spiro atoms. The predicted molar refractivity (Wildman–Crippen MR) is 106 cm³/mol. The van der Waals surface area contributed by atoms with Gasteiger partial charge < -0.3 is 20.7 Å². The van der Waals surface area contributed by atoms with Crippen molar-refractivity contribution in [3.63, 3.8) is 0 Å². The van der Waals surface area contributed by atoms with Gasteiger partial charge in [-0.25, -0.2) is 4.99 Å². The number of hydrogen-bond donors (Lipinski definition) is 3. The molecule has 144 valence electrons. The van der Waals surface area contributed by atoms with E-state index in [0.717, 1.165) is 36.3 Å². The molecule has 0 aromatic heterocycles. The highest BCUT2D eigenvalue weighted by atomic mass is 16.5. The van der Waals surface area contributed by atoms with Gasteiger partial charge in [0.2, 0.25) is 5.91 Å². The van der Waals surface area contributed by atoms with Gasteiger partial charge in [-0.1, -0.05) is 31.4 Å². The number of ether oxygens (including phenoxy) is 1. The average Bonchev–Trinajstić information content (AvgIpc) is 2.65. The first kappa shape index (κ1) is 20.1. The maximum atomic E-state index is 12.2. The molecule has 1 fully saturated rings. The van der Waals surface area contributed by atoms with Gasteiger partial charge in [0.05, 0.1) is 20.2 Å². The van der Waals surface area contributed by atoms with Crippen LogP contribution >= 0.6 is 0 Å². The van der Waals surface area contributed by atoms with E-state index >= 15 is 0 Å². The Morgan fingerprint density at radius 3 is 2.69 bits per heavy atom. The number of aryl methyl sites for hydroxylation is 1. The van der Waals surface area contributed by atoms with Crippen molar-refractivity contribution < 1.29 is 9.53 Å². The minimum atomic E-state index is 0.0235. The molecule has 0 bridgehead atoms. The van der Waals surface area contributed by atoms with E-state index in [0.29, 0.717) is 18.5 Å². The smallest absolute Gasteiger partial charge is 0.239 e. The summed E-state index contributed by atoms with van der Waals surface area (Å²) >= 11 is 0. The number of rotatable bonds is 7. The fraction of sp³-hybridized carbons (Fsp3) is 0.600. The van der Waals surface area contributed by atoms with Crippen molar-refractivity contribution in [3.8, 4) is 5.75 Å². The number of methoxy groups -OCH3 is 1. The Labute approximate surface area is 156 Å². The van der Waals surface area contributed by atoms with Crippen LogP contribution in [0.1, 0.15) is 50.2 Å². The molecule has 0 saturated heterocycles. The van der Waals surface area contributed by atoms with Crippen molar-refractivity contribution in [1.29, 1.82) is 0 Å². The van der Waals surface area contributed by atoms with Crippen LogP contribution in [-0.4, -0.2) is 38.1 Å². The normalized spacial score (nSPS) is 15.4. The summed E-state index contributed by atoms with van der Waals surface area (Å²) in [6, 6.07) is 6.40. The van der Waals surface area contributed by atoms with Gasteiger partial charge in [0.15, 0.2) is 5.96 Å². The number of nitrogens with zero attached hydrogens (tertiary/aromatic N) is 1. The number of hydrogen-bond acceptors (Lipinski definition) is 3. The summed E-state index contributed by atoms with van der Waals surface area (Å²) in [5.41, 5.74) is 2.17. The highest BCUT2D eigenvalue weighted by molar-refractivity contribution is 5.86. The van der Waals surface area contributed by atoms with Crippen molar-refractivity contribution in [2.45, 2.75) is 58.5 Å². The molecule has 1 amide bonds. The van der Waals surface area contributed by atoms with E-state index in [1.165, 1.54) is 19.3 Å². The zero-order valence-corrected chi connectivity index (χ0v) is 16.2. The summed E-state index contributed by atoms with van der Waals surface area (Å²) in [4.78, 5) is 16.7. The molecule has 6 heteroatoms. The third-order valence-electron chi connectivity index (χ3n) is 4.58. The summed E-state index contributed by atoms with van der Waals surface area (Å²) in [6.45, 7) is 5.50. The Hall–Kier alpha value is -2.24. The number of aliphatic imine (C=N–C) groups is 1. The van der Waals surface area contributed by atoms with E-state index in [2.05, 4.69) is 20.9 Å². The van der Waals surface area contributed by atoms with Crippen LogP contribution in [0.3, 0.4) is 0 Å². The second-order valence-corrected chi connectivity index (χ2v) is 6.77. The molecule has 0 aliphatic heterocycles. The Morgan fingerprint density at radius 1 is 1.23 bits per heavy atom. The van der Waals surface area contributed by atoms with Crippen LogP contribution in [-0.2, 0) is 11.3 Å². The Morgan fingerprint density at radius 2 is 2.00 bits per heavy atom. The number of benzene rings is 1. The van der Waals surface area contributed by atoms with Crippen LogP contribution in [0.4, 0.5) is 0 Å². The van der Waals surface area contributed by atoms with Gasteiger partial charge in [-0.05, 0) is 38.3 Å². The second kappa shape index (κ2) is 10.7. The molecule has 26 heavy (non-hydrogen) atoms. The number of amides is 1. The predicted octanol–water partition coefficient (Wildman–Crippen LogP) is 2.51. The molecule has 0 atom stereocenters. The van der Waals surface area contributed by atoms with E-state index < -0.39 is 0 Å². The summed E-state index contributed by atoms with van der Waals surface area (Å²) in [6.07, 6.45) is 5.88. The second-order valence-electron chi connectivity index (χ2n) is 6.77. The largest absolute Gasteiger partial charge is 0.496 e. The van der Waals surface area contributed by atoms with Gasteiger partial charge in [-0.3, -0.25) is 4.79 Å². The molecule has 6 nitrogen and oxygen atoms in total. The van der Waals surface area contributed by atoms with E-state index in [1.54, 1.807) is 7.11 Å². The van der Waals surface area contributed by atoms with Gasteiger partial charge in [-0.15, -0.1) is 0 Å². The molecular weight excluding hydrogens is 328 g/mol. The molecule has 0 heterocycles. The lowest BCUT2D eigenvalue weighted by Gasteiger charge is -2.23. The molecular formula is C20H32N4O2. The van der Waals surface area contributed by atoms with Gasteiger partial charge in [0.25, 0.3) is 0 Å². The molecule has 0 radical (unpaired) electrons. The van der Waals surface area contributed by atoms with Crippen LogP contribution in [0.15, 0.2) is 23.2 Å². The van der Waals surface area contributed by atoms with Gasteiger partial charge in [0, 0.05) is 18.2 Å². The Balaban J connectivity index is 1.88. The van der Waals surface area contributed by atoms with E-state index in [4.69, 9.17) is 4.74 Å². The quantitative estimate of drug-likeness (QED) is 0.516. The lowest BCUT2D eigenvalue weighted by molar-refractivity contribution is -0.120. The summed E-state index contributed by atoms with van der Waals surface area (Å²) < 4.78 is 5.43. The lowest BCUT2D eigenvalue weighted by atomic mass is 9.95. The van der Waals surface area contributed by atoms with E-state index in [9.17, 15) is 4.79 Å². The fourth-order valence-electron chi connectivity index (χ4n) is 3.18. The molecule has 1 saturated carbocycles. The van der Waals surface area contributed by atoms with Crippen LogP contribution in [0.25, 0.3) is 0 Å². The molecule has 1 aromatic rings. The topological polar surface area (TPSA) is 74.8 Å². The zero-order valence-electron chi connectivity index (χ0n) is 16.2. The van der Waals surface area contributed by atoms with Gasteiger partial charge in [-0.2, -0.15) is 0 Å². The zero-order chi connectivity index (χ0) is 18.8. The molecule has 2 rings (SSSR count). The first-order valence-corrected chi connectivity index (χ1v) is 9.57. The average molecular weight is 361 g/mol. The number of carbonyl (C=O) groups excluding carboxylic acids is 1. The van der Waals surface area contributed by atoms with Crippen LogP contribution in [0.5, 0.6) is 5.75 Å². The molecule has 1 aliphatic rings. The van der Waals surface area contributed by atoms with Crippen molar-refractivity contribution in [1.82, 2.24) is 16.0 Å². The molecule has 0 unspecified atom stereocenters. The van der Waals surface area contributed by atoms with Crippen molar-refractivity contribution in [2.24, 2.45) is 4.99 Å². The number of nitrogens with one attached hydrogen (secondary N) is 3. The van der Waals surface area contributed by atoms with Crippen LogP contribution in [0, 0.1) is 6.92 Å². The van der Waals surface area contributed by atoms with Gasteiger partial charge >= 0.3 is 0 Å². The maximum Gasteiger partial charge on any atom is 0.239 e. The highest BCUT2D eigenvalue weighted by Gasteiger charge is 2.15. The van der Waals surface area contributed by atoms with Crippen molar-refractivity contribution in [2.75, 3.05) is 20.2 Å². The lowest BCUT2D eigenvalue weighted by Crippen LogP contribution is -2.46. The molecule has 1 aromatic carbocycles. The van der Waals surface area contributed by atoms with Crippen molar-refractivity contribution >= 4 is 11.9 Å². The maximum absolute atomic E-state index is 12.2. The van der Waals surface area contributed by atoms with Gasteiger partial charge in [0.1, 0.15) is 5.75 Å². The third-order valence-corrected chi connectivity index (χ3v) is 4.58. The Kier molecular flexibility index (Phi) is 8.25. The first-order valence-electron chi connectivity index (χ1n) is 9.57. The Bertz CT molecular complexity index is 610. The highest BCUT2D eigenvalue weighted by Crippen LogP contribution is 2.20. The minimum Gasteiger partial charge on any atom is -0.496 e. The van der Waals surface area contributed by atoms with Crippen molar-refractivity contribution in [3.05, 3.63) is 29.3 Å². The number of carbonyl (C=O) groups is 1. The van der Waals surface area contributed by atoms with E-state index in [1.807, 2.05) is 32.0 Å². The standard InChI is InChI=1S/C20H32N4O2/c1-4-21-20(22-13-16-11-10-15(2)12-18(16)26-3)23-14-19(25)24-17-8-6-5-7-9-17/h10-12,17H,4-9,13-14H2,1-3H3,(H,24,25)(H2,21,22,23). The summed E-state index contributed by atoms with van der Waals surface area (Å²) in [5.74, 6) is 1.49. The minimum absolute atomic E-state index is 0.0235. The summed E-state index contributed by atoms with van der Waals surface area (Å²) in [5, 5.41) is 9.40.